The second kappa shape index (κ2) is 25.4. The zero-order valence-corrected chi connectivity index (χ0v) is 42.2. The van der Waals surface area contributed by atoms with Crippen LogP contribution in [0.25, 0.3) is 44.0 Å². The van der Waals surface area contributed by atoms with E-state index in [2.05, 4.69) is 91.0 Å². The number of Topliss-reactive ketones (excluding diaryl/α,β-unsaturated/α-hetero) is 1. The lowest BCUT2D eigenvalue weighted by Gasteiger charge is -2.19. The van der Waals surface area contributed by atoms with E-state index in [0.717, 1.165) is 80.9 Å². The lowest BCUT2D eigenvalue weighted by molar-refractivity contribution is 0.0533. The standard InChI is InChI=1S/C19H22N2O3.C15H17N5.C12H13IN2O2.C6H10/c1-5-6-7-8-9-17(22)15-13-21(18(23)24-19(2,3)4)16-10-11-20-12-14(15)16;1-2-3-4-10-7-14(20-15(16)19-10)12-9-18-13-5-6-17-8-11(12)13;1-12(2,3)17-11(16)15-7-9(13)8-6-14-5-4-10(8)15;1-3-5-6-4-2/h10-13H,5-7H2,1-4H3;5-9,18H,2-4H2,1H3,(H2,16,19,20);4-7H,1-3H3;1H,4-6H2,2H3. The Kier molecular flexibility index (Phi) is 20.1. The van der Waals surface area contributed by atoms with Gasteiger partial charge in [-0.15, -0.1) is 12.3 Å². The molecule has 0 radical (unpaired) electrons. The fourth-order valence-corrected chi connectivity index (χ4v) is 6.98. The van der Waals surface area contributed by atoms with Gasteiger partial charge in [-0.2, -0.15) is 0 Å². The van der Waals surface area contributed by atoms with Crippen molar-refractivity contribution in [2.75, 3.05) is 5.73 Å². The van der Waals surface area contributed by atoms with Crippen LogP contribution in [-0.2, 0) is 15.9 Å². The molecule has 0 aromatic carbocycles. The molecule has 0 fully saturated rings. The number of carbonyl (C=O) groups is 3. The maximum Gasteiger partial charge on any atom is 0.419 e. The van der Waals surface area contributed by atoms with Crippen molar-refractivity contribution >= 4 is 79.2 Å². The first-order valence-corrected chi connectivity index (χ1v) is 23.5. The van der Waals surface area contributed by atoms with Crippen LogP contribution in [0.3, 0.4) is 0 Å². The van der Waals surface area contributed by atoms with Gasteiger partial charge in [0.05, 0.1) is 22.3 Å². The number of hydrogen-bond acceptors (Lipinski definition) is 11. The molecule has 0 spiro atoms. The third-order valence-corrected chi connectivity index (χ3v) is 10.3. The van der Waals surface area contributed by atoms with Crippen molar-refractivity contribution in [2.24, 2.45) is 0 Å². The quantitative estimate of drug-likeness (QED) is 0.0461. The largest absolute Gasteiger partial charge is 0.443 e. The minimum absolute atomic E-state index is 0.314. The first-order valence-electron chi connectivity index (χ1n) is 22.4. The lowest BCUT2D eigenvalue weighted by Crippen LogP contribution is -2.26. The highest BCUT2D eigenvalue weighted by Crippen LogP contribution is 2.28. The fourth-order valence-electron chi connectivity index (χ4n) is 6.28. The number of carbonyl (C=O) groups excluding carboxylic acids is 3. The third kappa shape index (κ3) is 16.1. The molecular formula is C52H62IN9O5. The molecule has 67 heavy (non-hydrogen) atoms. The minimum atomic E-state index is -0.620. The Morgan fingerprint density at radius 1 is 0.761 bits per heavy atom. The normalized spacial score (nSPS) is 10.9. The second-order valence-corrected chi connectivity index (χ2v) is 18.5. The van der Waals surface area contributed by atoms with Crippen LogP contribution in [0.15, 0.2) is 80.0 Å². The number of nitrogens with one attached hydrogen (secondary N) is 1. The molecule has 0 saturated carbocycles. The van der Waals surface area contributed by atoms with Gasteiger partial charge in [0.1, 0.15) is 11.2 Å². The number of aryl methyl sites for hydroxylation is 1. The molecule has 0 aliphatic carbocycles. The average Bonchev–Trinajstić information content (AvgIpc) is 4.00. The first-order chi connectivity index (χ1) is 31.9. The number of aromatic nitrogens is 8. The summed E-state index contributed by atoms with van der Waals surface area (Å²) in [5, 5.41) is 2.60. The van der Waals surface area contributed by atoms with Crippen molar-refractivity contribution < 1.29 is 23.9 Å². The number of nitrogen functional groups attached to an aromatic ring is 1. The molecule has 15 heteroatoms. The summed E-state index contributed by atoms with van der Waals surface area (Å²) in [6.07, 6.45) is 28.6. The summed E-state index contributed by atoms with van der Waals surface area (Å²) in [5.74, 6) is 8.11. The topological polar surface area (TPSA) is 186 Å². The molecule has 0 aliphatic heterocycles. The van der Waals surface area contributed by atoms with E-state index in [4.69, 9.17) is 21.6 Å². The Balaban J connectivity index is 0.000000209. The molecule has 0 atom stereocenters. The first kappa shape index (κ1) is 53.0. The Morgan fingerprint density at radius 3 is 1.90 bits per heavy atom. The van der Waals surface area contributed by atoms with E-state index in [1.807, 2.05) is 45.3 Å². The van der Waals surface area contributed by atoms with Crippen LogP contribution in [-0.4, -0.2) is 68.2 Å². The number of aromatic amines is 1. The van der Waals surface area contributed by atoms with Gasteiger partial charge in [-0.1, -0.05) is 46.0 Å². The van der Waals surface area contributed by atoms with Crippen LogP contribution >= 0.6 is 22.6 Å². The Hall–Kier alpha value is -6.59. The van der Waals surface area contributed by atoms with Crippen LogP contribution in [0.5, 0.6) is 0 Å². The van der Waals surface area contributed by atoms with Gasteiger partial charge in [-0.3, -0.25) is 28.9 Å². The summed E-state index contributed by atoms with van der Waals surface area (Å²) < 4.78 is 14.6. The van der Waals surface area contributed by atoms with Crippen LogP contribution in [0.2, 0.25) is 0 Å². The van der Waals surface area contributed by atoms with Crippen molar-refractivity contribution in [3.8, 4) is 35.4 Å². The number of terminal acetylenes is 1. The summed E-state index contributed by atoms with van der Waals surface area (Å²) >= 11 is 2.18. The number of ether oxygens (including phenoxy) is 2. The summed E-state index contributed by atoms with van der Waals surface area (Å²) in [6.45, 7) is 17.3. The van der Waals surface area contributed by atoms with Gasteiger partial charge in [0.25, 0.3) is 0 Å². The van der Waals surface area contributed by atoms with Gasteiger partial charge in [0.2, 0.25) is 11.7 Å². The Bertz CT molecular complexity index is 2860. The number of fused-ring (bicyclic) bond motifs is 3. The van der Waals surface area contributed by atoms with E-state index in [1.165, 1.54) is 28.2 Å². The number of halogens is 1. The van der Waals surface area contributed by atoms with Crippen LogP contribution in [0.1, 0.15) is 130 Å². The second-order valence-electron chi connectivity index (χ2n) is 17.4. The molecule has 0 saturated heterocycles. The predicted octanol–water partition coefficient (Wildman–Crippen LogP) is 12.4. The van der Waals surface area contributed by atoms with Gasteiger partial charge >= 0.3 is 12.2 Å². The van der Waals surface area contributed by atoms with E-state index in [1.54, 1.807) is 70.1 Å². The third-order valence-electron chi connectivity index (χ3n) is 9.46. The van der Waals surface area contributed by atoms with Gasteiger partial charge in [-0.25, -0.2) is 19.6 Å². The summed E-state index contributed by atoms with van der Waals surface area (Å²) in [4.78, 5) is 60.9. The number of pyridine rings is 3. The molecule has 0 bridgehead atoms. The van der Waals surface area contributed by atoms with E-state index >= 15 is 0 Å². The molecule has 352 valence electrons. The summed E-state index contributed by atoms with van der Waals surface area (Å²) in [7, 11) is 0. The Morgan fingerprint density at radius 2 is 1.31 bits per heavy atom. The molecular weight excluding hydrogens is 958 g/mol. The molecule has 0 unspecified atom stereocenters. The van der Waals surface area contributed by atoms with E-state index in [0.29, 0.717) is 28.8 Å². The van der Waals surface area contributed by atoms with E-state index in [-0.39, 0.29) is 11.9 Å². The van der Waals surface area contributed by atoms with Gasteiger partial charge < -0.3 is 20.2 Å². The number of rotatable bonds is 9. The zero-order valence-electron chi connectivity index (χ0n) is 40.1. The highest BCUT2D eigenvalue weighted by Gasteiger charge is 2.23. The average molecular weight is 1020 g/mol. The molecule has 0 aliphatic rings. The number of hydrogen-bond donors (Lipinski definition) is 2. The molecule has 7 heterocycles. The van der Waals surface area contributed by atoms with E-state index in [9.17, 15) is 14.4 Å². The van der Waals surface area contributed by atoms with Crippen LogP contribution in [0.4, 0.5) is 15.5 Å². The SMILES string of the molecule is C#CCCCC.CC(C)(C)OC(=O)n1cc(I)c2cnccc21.CCCCC#CC(=O)c1cn(C(=O)OC(C)(C)C)c2ccncc12.CCCCc1cc(-c2c[nH]c3ccncc23)nc(N)n1. The number of H-pyrrole nitrogens is 1. The number of nitrogens with zero attached hydrogens (tertiary/aromatic N) is 7. The van der Waals surface area contributed by atoms with Crippen molar-refractivity contribution in [3.05, 3.63) is 94.9 Å². The fraction of sp³-hybridized carbons (Fsp3) is 0.385. The maximum atomic E-state index is 12.4. The van der Waals surface area contributed by atoms with E-state index < -0.39 is 17.3 Å². The monoisotopic (exact) mass is 1020 g/mol. The Labute approximate surface area is 407 Å². The maximum absolute atomic E-state index is 12.4. The molecule has 3 N–H and O–H groups in total. The highest BCUT2D eigenvalue weighted by atomic mass is 127. The number of nitrogens with two attached hydrogens (primary N) is 1. The van der Waals surface area contributed by atoms with Crippen LogP contribution < -0.4 is 5.73 Å². The van der Waals surface area contributed by atoms with Crippen molar-refractivity contribution in [1.29, 1.82) is 0 Å². The molecule has 14 nitrogen and oxygen atoms in total. The van der Waals surface area contributed by atoms with Crippen molar-refractivity contribution in [1.82, 2.24) is 39.0 Å². The number of unbranched alkanes of at least 4 members (excludes halogenated alkanes) is 5. The summed E-state index contributed by atoms with van der Waals surface area (Å²) in [6, 6.07) is 7.45. The molecule has 0 amide bonds. The lowest BCUT2D eigenvalue weighted by atomic mass is 10.1. The number of anilines is 1. The van der Waals surface area contributed by atoms with Crippen molar-refractivity contribution in [3.63, 3.8) is 0 Å². The highest BCUT2D eigenvalue weighted by molar-refractivity contribution is 14.1. The van der Waals surface area contributed by atoms with Gasteiger partial charge in [0, 0.05) is 105 Å². The molecule has 7 rings (SSSR count). The molecule has 7 aromatic rings. The van der Waals surface area contributed by atoms with Gasteiger partial charge in [0.15, 0.2) is 0 Å². The number of ketones is 1. The minimum Gasteiger partial charge on any atom is -0.443 e. The van der Waals surface area contributed by atoms with Gasteiger partial charge in [-0.05, 0) is 120 Å². The summed E-state index contributed by atoms with van der Waals surface area (Å²) in [5.41, 5.74) is 10.4. The van der Waals surface area contributed by atoms with Crippen LogP contribution in [0, 0.1) is 27.8 Å². The van der Waals surface area contributed by atoms with Crippen molar-refractivity contribution in [2.45, 2.75) is 131 Å². The zero-order chi connectivity index (χ0) is 49.1. The predicted molar refractivity (Wildman–Crippen MR) is 276 cm³/mol. The smallest absolute Gasteiger partial charge is 0.419 e. The molecule has 7 aromatic heterocycles.